The number of pyridine rings is 1. The van der Waals surface area contributed by atoms with Crippen molar-refractivity contribution in [2.45, 2.75) is 12.3 Å². The van der Waals surface area contributed by atoms with Gasteiger partial charge in [-0.1, -0.05) is 30.3 Å². The number of aromatic nitrogens is 1. The molecule has 5 nitrogen and oxygen atoms in total. The van der Waals surface area contributed by atoms with E-state index < -0.39 is 18.5 Å². The molecule has 1 N–H and O–H groups in total. The van der Waals surface area contributed by atoms with Gasteiger partial charge in [0.05, 0.1) is 24.8 Å². The van der Waals surface area contributed by atoms with Crippen LogP contribution in [0.1, 0.15) is 44.4 Å². The van der Waals surface area contributed by atoms with E-state index in [2.05, 4.69) is 10.3 Å². The lowest BCUT2D eigenvalue weighted by Crippen LogP contribution is -2.21. The molecule has 146 valence electrons. The highest BCUT2D eigenvalue weighted by Gasteiger charge is 2.54. The molecule has 1 saturated carbocycles. The van der Waals surface area contributed by atoms with Crippen molar-refractivity contribution in [1.29, 1.82) is 0 Å². The van der Waals surface area contributed by atoms with Gasteiger partial charge in [-0.3, -0.25) is 14.0 Å². The molecule has 1 amide bonds. The fourth-order valence-electron chi connectivity index (χ4n) is 4.15. The fourth-order valence-corrected chi connectivity index (χ4v) is 4.15. The highest BCUT2D eigenvalue weighted by atomic mass is 19.1. The molecule has 6 heteroatoms. The Kier molecular flexibility index (Phi) is 5.22. The van der Waals surface area contributed by atoms with Gasteiger partial charge in [0.25, 0.3) is 5.91 Å². The van der Waals surface area contributed by atoms with Gasteiger partial charge in [0.2, 0.25) is 0 Å². The number of fused-ring (bicyclic) bond motifs is 1. The van der Waals surface area contributed by atoms with E-state index in [1.54, 1.807) is 6.07 Å². The van der Waals surface area contributed by atoms with Gasteiger partial charge in [0.15, 0.2) is 5.78 Å². The maximum absolute atomic E-state index is 13.9. The van der Waals surface area contributed by atoms with Gasteiger partial charge in [-0.25, -0.2) is 4.98 Å². The first kappa shape index (κ1) is 18.7. The Balaban J connectivity index is 1.65. The molecule has 2 fully saturated rings. The molecule has 2 aliphatic rings. The third-order valence-electron chi connectivity index (χ3n) is 5.89. The van der Waals surface area contributed by atoms with E-state index in [4.69, 9.17) is 4.74 Å². The van der Waals surface area contributed by atoms with Crippen LogP contribution < -0.4 is 5.32 Å². The summed E-state index contributed by atoms with van der Waals surface area (Å²) in [6.45, 7) is 0.795. The Morgan fingerprint density at radius 3 is 2.57 bits per heavy atom. The van der Waals surface area contributed by atoms with Gasteiger partial charge in [-0.15, -0.1) is 0 Å². The molecule has 2 aromatic rings. The first-order valence-electron chi connectivity index (χ1n) is 9.58. The zero-order valence-electron chi connectivity index (χ0n) is 15.7. The van der Waals surface area contributed by atoms with Gasteiger partial charge >= 0.3 is 0 Å². The second kappa shape index (κ2) is 7.80. The molecule has 2 heterocycles. The zero-order valence-corrected chi connectivity index (χ0v) is 15.7. The minimum atomic E-state index is -0.661. The summed E-state index contributed by atoms with van der Waals surface area (Å²) in [5.74, 6) is 0.272. The van der Waals surface area contributed by atoms with E-state index in [0.29, 0.717) is 35.4 Å². The first-order chi connectivity index (χ1) is 13.6. The third-order valence-corrected chi connectivity index (χ3v) is 5.89. The number of carbonyl (C=O) groups is 2. The highest BCUT2D eigenvalue weighted by molar-refractivity contribution is 6.00. The van der Waals surface area contributed by atoms with Crippen LogP contribution in [0, 0.1) is 17.8 Å². The summed E-state index contributed by atoms with van der Waals surface area (Å²) in [4.78, 5) is 29.4. The average Bonchev–Trinajstić information content (AvgIpc) is 3.14. The molecule has 0 spiro atoms. The minimum absolute atomic E-state index is 0.0288. The van der Waals surface area contributed by atoms with Crippen LogP contribution in [-0.2, 0) is 4.74 Å². The number of ketones is 1. The summed E-state index contributed by atoms with van der Waals surface area (Å²) in [6, 6.07) is 12.3. The minimum Gasteiger partial charge on any atom is -0.381 e. The smallest absolute Gasteiger partial charge is 0.269 e. The molecule has 0 radical (unpaired) electrons. The van der Waals surface area contributed by atoms with Crippen LogP contribution in [-0.4, -0.2) is 43.6 Å². The number of nitrogens with one attached hydrogen (secondary N) is 1. The van der Waals surface area contributed by atoms with E-state index in [1.807, 2.05) is 30.3 Å². The normalized spacial score (nSPS) is 23.7. The molecule has 4 atom stereocenters. The molecule has 28 heavy (non-hydrogen) atoms. The Morgan fingerprint density at radius 1 is 1.21 bits per heavy atom. The van der Waals surface area contributed by atoms with Crippen LogP contribution in [0.2, 0.25) is 0 Å². The van der Waals surface area contributed by atoms with Gasteiger partial charge < -0.3 is 10.1 Å². The standard InChI is InChI=1S/C22H23FN2O3/c1-24-22(27)20-8-14(21(26)9-15-17-11-28-12-18(15)17)7-19(25-20)16(10-23)13-5-3-2-4-6-13/h2-8,15-18H,9-12H2,1H3,(H,24,27)/t15?,16-,17-,18+/m1/s1. The van der Waals surface area contributed by atoms with Gasteiger partial charge in [-0.05, 0) is 35.4 Å². The fraction of sp³-hybridized carbons (Fsp3) is 0.409. The number of ether oxygens (including phenoxy) is 1. The van der Waals surface area contributed by atoms with E-state index >= 15 is 0 Å². The first-order valence-corrected chi connectivity index (χ1v) is 9.58. The third kappa shape index (κ3) is 3.56. The maximum Gasteiger partial charge on any atom is 0.269 e. The van der Waals surface area contributed by atoms with Crippen LogP contribution in [0.25, 0.3) is 0 Å². The summed E-state index contributed by atoms with van der Waals surface area (Å²) in [6.07, 6.45) is 0.432. The van der Waals surface area contributed by atoms with Crippen molar-refractivity contribution < 1.29 is 18.7 Å². The number of alkyl halides is 1. The quantitative estimate of drug-likeness (QED) is 0.748. The van der Waals surface area contributed by atoms with Crippen molar-refractivity contribution in [3.8, 4) is 0 Å². The number of rotatable bonds is 7. The lowest BCUT2D eigenvalue weighted by Gasteiger charge is -2.16. The Bertz CT molecular complexity index is 877. The van der Waals surface area contributed by atoms with Crippen LogP contribution >= 0.6 is 0 Å². The van der Waals surface area contributed by atoms with Crippen molar-refractivity contribution in [1.82, 2.24) is 10.3 Å². The molecule has 1 aromatic heterocycles. The van der Waals surface area contributed by atoms with Crippen LogP contribution in [0.3, 0.4) is 0 Å². The topological polar surface area (TPSA) is 68.3 Å². The maximum atomic E-state index is 13.9. The molecule has 1 unspecified atom stereocenters. The van der Waals surface area contributed by atoms with E-state index in [9.17, 15) is 14.0 Å². The number of Topliss-reactive ketones (excluding diaryl/α,β-unsaturated/α-hetero) is 1. The number of halogens is 1. The zero-order chi connectivity index (χ0) is 19.7. The van der Waals surface area contributed by atoms with E-state index in [-0.39, 0.29) is 11.5 Å². The van der Waals surface area contributed by atoms with Crippen LogP contribution in [0.4, 0.5) is 4.39 Å². The molecular weight excluding hydrogens is 359 g/mol. The number of amides is 1. The predicted octanol–water partition coefficient (Wildman–Crippen LogP) is 3.01. The molecule has 1 aliphatic carbocycles. The van der Waals surface area contributed by atoms with Crippen molar-refractivity contribution in [3.05, 3.63) is 65.0 Å². The molecule has 1 saturated heterocycles. The summed E-state index contributed by atoms with van der Waals surface area (Å²) >= 11 is 0. The Morgan fingerprint density at radius 2 is 1.93 bits per heavy atom. The van der Waals surface area contributed by atoms with Crippen molar-refractivity contribution in [2.24, 2.45) is 17.8 Å². The van der Waals surface area contributed by atoms with E-state index in [1.165, 1.54) is 13.1 Å². The predicted molar refractivity (Wildman–Crippen MR) is 102 cm³/mol. The van der Waals surface area contributed by atoms with E-state index in [0.717, 1.165) is 18.8 Å². The van der Waals surface area contributed by atoms with Crippen molar-refractivity contribution >= 4 is 11.7 Å². The second-order valence-corrected chi connectivity index (χ2v) is 7.52. The molecule has 0 bridgehead atoms. The number of benzene rings is 1. The lowest BCUT2D eigenvalue weighted by atomic mass is 9.93. The number of hydrogen-bond donors (Lipinski definition) is 1. The van der Waals surface area contributed by atoms with Gasteiger partial charge in [0.1, 0.15) is 12.4 Å². The number of hydrogen-bond acceptors (Lipinski definition) is 4. The largest absolute Gasteiger partial charge is 0.381 e. The van der Waals surface area contributed by atoms with Gasteiger partial charge in [-0.2, -0.15) is 0 Å². The Hall–Kier alpha value is -2.60. The Labute approximate surface area is 163 Å². The SMILES string of the molecule is CNC(=O)c1cc(C(=O)CC2[C@H]3COC[C@@H]23)cc([C@H](CF)c2ccccc2)n1. The molecule has 4 rings (SSSR count). The van der Waals surface area contributed by atoms with Gasteiger partial charge in [0, 0.05) is 19.0 Å². The lowest BCUT2D eigenvalue weighted by molar-refractivity contribution is 0.0950. The highest BCUT2D eigenvalue weighted by Crippen LogP contribution is 2.53. The summed E-state index contributed by atoms with van der Waals surface area (Å²) in [7, 11) is 1.51. The summed E-state index contributed by atoms with van der Waals surface area (Å²) in [5, 5.41) is 2.53. The second-order valence-electron chi connectivity index (χ2n) is 7.52. The number of carbonyl (C=O) groups excluding carboxylic acids is 2. The summed E-state index contributed by atoms with van der Waals surface area (Å²) in [5.41, 5.74) is 1.72. The van der Waals surface area contributed by atoms with Crippen molar-refractivity contribution in [2.75, 3.05) is 26.9 Å². The molecular formula is C22H23FN2O3. The summed E-state index contributed by atoms with van der Waals surface area (Å²) < 4.78 is 19.3. The van der Waals surface area contributed by atoms with Crippen LogP contribution in [0.5, 0.6) is 0 Å². The van der Waals surface area contributed by atoms with Crippen molar-refractivity contribution in [3.63, 3.8) is 0 Å². The number of nitrogens with zero attached hydrogens (tertiary/aromatic N) is 1. The molecule has 1 aromatic carbocycles. The average molecular weight is 382 g/mol. The molecule has 1 aliphatic heterocycles. The van der Waals surface area contributed by atoms with Crippen LogP contribution in [0.15, 0.2) is 42.5 Å². The monoisotopic (exact) mass is 382 g/mol.